The third-order valence-corrected chi connectivity index (χ3v) is 3.50. The van der Waals surface area contributed by atoms with Crippen LogP contribution in [0.15, 0.2) is 24.5 Å². The van der Waals surface area contributed by atoms with Crippen molar-refractivity contribution in [3.63, 3.8) is 0 Å². The highest BCUT2D eigenvalue weighted by Gasteiger charge is 2.16. The van der Waals surface area contributed by atoms with Crippen molar-refractivity contribution in [1.29, 1.82) is 0 Å². The fourth-order valence-electron chi connectivity index (χ4n) is 2.35. The van der Waals surface area contributed by atoms with Gasteiger partial charge in [0.15, 0.2) is 0 Å². The first kappa shape index (κ1) is 13.1. The van der Waals surface area contributed by atoms with Crippen LogP contribution in [0.1, 0.15) is 17.7 Å². The minimum absolute atomic E-state index is 0.565. The second kappa shape index (κ2) is 6.00. The maximum atomic E-state index is 5.37. The highest BCUT2D eigenvalue weighted by Crippen LogP contribution is 2.14. The van der Waals surface area contributed by atoms with Crippen molar-refractivity contribution in [2.24, 2.45) is 5.92 Å². The Morgan fingerprint density at radius 2 is 2.45 bits per heavy atom. The van der Waals surface area contributed by atoms with E-state index in [0.717, 1.165) is 43.3 Å². The third-order valence-electron chi connectivity index (χ3n) is 3.50. The zero-order valence-corrected chi connectivity index (χ0v) is 11.6. The summed E-state index contributed by atoms with van der Waals surface area (Å²) >= 11 is 0. The molecule has 20 heavy (non-hydrogen) atoms. The van der Waals surface area contributed by atoms with E-state index >= 15 is 0 Å². The fourth-order valence-corrected chi connectivity index (χ4v) is 2.35. The van der Waals surface area contributed by atoms with E-state index in [4.69, 9.17) is 4.74 Å². The molecule has 0 aromatic carbocycles. The summed E-state index contributed by atoms with van der Waals surface area (Å²) in [5.41, 5.74) is 2.05. The molecule has 1 saturated heterocycles. The first-order valence-electron chi connectivity index (χ1n) is 6.93. The summed E-state index contributed by atoms with van der Waals surface area (Å²) in [4.78, 5) is 4.30. The summed E-state index contributed by atoms with van der Waals surface area (Å²) in [6.45, 7) is 5.26. The van der Waals surface area contributed by atoms with Crippen molar-refractivity contribution >= 4 is 5.82 Å². The molecule has 0 bridgehead atoms. The van der Waals surface area contributed by atoms with Gasteiger partial charge in [0.1, 0.15) is 11.5 Å². The highest BCUT2D eigenvalue weighted by atomic mass is 16.5. The monoisotopic (exact) mass is 273 g/mol. The molecular formula is C14H19N5O. The molecule has 1 aliphatic heterocycles. The largest absolute Gasteiger partial charge is 0.381 e. The van der Waals surface area contributed by atoms with Gasteiger partial charge in [-0.1, -0.05) is 11.3 Å². The van der Waals surface area contributed by atoms with E-state index in [1.807, 2.05) is 29.9 Å². The van der Waals surface area contributed by atoms with Crippen LogP contribution in [-0.2, 0) is 17.8 Å². The molecule has 1 aliphatic rings. The Hall–Kier alpha value is -1.95. The van der Waals surface area contributed by atoms with E-state index in [1.165, 1.54) is 0 Å². The smallest absolute Gasteiger partial charge is 0.129 e. The summed E-state index contributed by atoms with van der Waals surface area (Å²) in [5.74, 6) is 1.46. The molecule has 2 aromatic heterocycles. The molecule has 3 rings (SSSR count). The number of ether oxygens (including phenoxy) is 1. The Morgan fingerprint density at radius 1 is 1.50 bits per heavy atom. The standard InChI is InChI=1S/C14H19N5O/c1-11-3-2-5-15-14(11)16-7-13-9-19(18-17-13)8-12-4-6-20-10-12/h2-3,5,9,12H,4,6-8,10H2,1H3,(H,15,16). The number of anilines is 1. The highest BCUT2D eigenvalue weighted by molar-refractivity contribution is 5.42. The van der Waals surface area contributed by atoms with E-state index in [-0.39, 0.29) is 0 Å². The van der Waals surface area contributed by atoms with Gasteiger partial charge in [-0.25, -0.2) is 4.98 Å². The van der Waals surface area contributed by atoms with E-state index in [2.05, 4.69) is 20.6 Å². The first-order valence-corrected chi connectivity index (χ1v) is 6.93. The van der Waals surface area contributed by atoms with Gasteiger partial charge in [-0.15, -0.1) is 5.10 Å². The van der Waals surface area contributed by atoms with E-state index in [0.29, 0.717) is 12.5 Å². The summed E-state index contributed by atoms with van der Waals surface area (Å²) in [7, 11) is 0. The maximum Gasteiger partial charge on any atom is 0.129 e. The minimum atomic E-state index is 0.565. The Balaban J connectivity index is 1.56. The molecule has 1 atom stereocenters. The summed E-state index contributed by atoms with van der Waals surface area (Å²) in [6, 6.07) is 3.97. The van der Waals surface area contributed by atoms with Gasteiger partial charge in [-0.05, 0) is 25.0 Å². The lowest BCUT2D eigenvalue weighted by atomic mass is 10.1. The number of hydrogen-bond acceptors (Lipinski definition) is 5. The summed E-state index contributed by atoms with van der Waals surface area (Å²) in [5, 5.41) is 11.6. The number of pyridine rings is 1. The topological polar surface area (TPSA) is 64.9 Å². The van der Waals surface area contributed by atoms with Crippen molar-refractivity contribution in [2.45, 2.75) is 26.4 Å². The SMILES string of the molecule is Cc1cccnc1NCc1cn(CC2CCOC2)nn1. The van der Waals surface area contributed by atoms with Gasteiger partial charge in [0.05, 0.1) is 19.3 Å². The molecule has 0 spiro atoms. The van der Waals surface area contributed by atoms with Gasteiger partial charge in [0, 0.05) is 25.3 Å². The number of nitrogens with one attached hydrogen (secondary N) is 1. The molecule has 106 valence electrons. The predicted molar refractivity (Wildman–Crippen MR) is 75.2 cm³/mol. The van der Waals surface area contributed by atoms with Crippen LogP contribution < -0.4 is 5.32 Å². The van der Waals surface area contributed by atoms with Crippen molar-refractivity contribution in [3.8, 4) is 0 Å². The zero-order valence-electron chi connectivity index (χ0n) is 11.6. The van der Waals surface area contributed by atoms with Crippen LogP contribution in [0.25, 0.3) is 0 Å². The quantitative estimate of drug-likeness (QED) is 0.897. The second-order valence-electron chi connectivity index (χ2n) is 5.18. The average Bonchev–Trinajstić information content (AvgIpc) is 3.10. The molecule has 0 amide bonds. The third kappa shape index (κ3) is 3.14. The van der Waals surface area contributed by atoms with Crippen LogP contribution in [-0.4, -0.2) is 33.2 Å². The fraction of sp³-hybridized carbons (Fsp3) is 0.500. The number of aromatic nitrogens is 4. The van der Waals surface area contributed by atoms with Crippen LogP contribution in [0, 0.1) is 12.8 Å². The van der Waals surface area contributed by atoms with Gasteiger partial charge in [-0.3, -0.25) is 4.68 Å². The van der Waals surface area contributed by atoms with Crippen LogP contribution in [0.5, 0.6) is 0 Å². The molecular weight excluding hydrogens is 254 g/mol. The Labute approximate surface area is 118 Å². The lowest BCUT2D eigenvalue weighted by molar-refractivity contribution is 0.181. The van der Waals surface area contributed by atoms with Crippen LogP contribution in [0.4, 0.5) is 5.82 Å². The van der Waals surface area contributed by atoms with Gasteiger partial charge in [-0.2, -0.15) is 0 Å². The number of nitrogens with zero attached hydrogens (tertiary/aromatic N) is 4. The predicted octanol–water partition coefficient (Wildman–Crippen LogP) is 1.63. The van der Waals surface area contributed by atoms with Gasteiger partial charge in [0.25, 0.3) is 0 Å². The Morgan fingerprint density at radius 3 is 3.25 bits per heavy atom. The molecule has 1 unspecified atom stereocenters. The van der Waals surface area contributed by atoms with E-state index in [9.17, 15) is 0 Å². The van der Waals surface area contributed by atoms with Crippen molar-refractivity contribution < 1.29 is 4.74 Å². The van der Waals surface area contributed by atoms with Gasteiger partial charge in [0.2, 0.25) is 0 Å². The summed E-state index contributed by atoms with van der Waals surface area (Å²) in [6.07, 6.45) is 4.89. The van der Waals surface area contributed by atoms with Crippen LogP contribution in [0.2, 0.25) is 0 Å². The molecule has 1 fully saturated rings. The summed E-state index contributed by atoms with van der Waals surface area (Å²) < 4.78 is 7.28. The van der Waals surface area contributed by atoms with Gasteiger partial charge < -0.3 is 10.1 Å². The number of hydrogen-bond donors (Lipinski definition) is 1. The number of aryl methyl sites for hydroxylation is 1. The Kier molecular flexibility index (Phi) is 3.92. The van der Waals surface area contributed by atoms with Crippen LogP contribution >= 0.6 is 0 Å². The second-order valence-corrected chi connectivity index (χ2v) is 5.18. The van der Waals surface area contributed by atoms with Crippen molar-refractivity contribution in [3.05, 3.63) is 35.8 Å². The number of rotatable bonds is 5. The molecule has 3 heterocycles. The molecule has 6 nitrogen and oxygen atoms in total. The van der Waals surface area contributed by atoms with Crippen molar-refractivity contribution in [1.82, 2.24) is 20.0 Å². The maximum absolute atomic E-state index is 5.37. The molecule has 0 aliphatic carbocycles. The average molecular weight is 273 g/mol. The zero-order chi connectivity index (χ0) is 13.8. The molecule has 1 N–H and O–H groups in total. The lowest BCUT2D eigenvalue weighted by Crippen LogP contribution is -2.11. The molecule has 6 heteroatoms. The first-order chi connectivity index (χ1) is 9.81. The van der Waals surface area contributed by atoms with Gasteiger partial charge >= 0.3 is 0 Å². The molecule has 0 radical (unpaired) electrons. The normalized spacial score (nSPS) is 18.4. The minimum Gasteiger partial charge on any atom is -0.381 e. The van der Waals surface area contributed by atoms with Crippen LogP contribution in [0.3, 0.4) is 0 Å². The van der Waals surface area contributed by atoms with E-state index in [1.54, 1.807) is 6.20 Å². The molecule has 0 saturated carbocycles. The van der Waals surface area contributed by atoms with Crippen molar-refractivity contribution in [2.75, 3.05) is 18.5 Å². The molecule has 2 aromatic rings. The van der Waals surface area contributed by atoms with E-state index < -0.39 is 0 Å². The lowest BCUT2D eigenvalue weighted by Gasteiger charge is -2.06. The Bertz CT molecular complexity index is 562.